The lowest BCUT2D eigenvalue weighted by atomic mass is 10.1. The topological polar surface area (TPSA) is 72.2 Å². The molecule has 2 aliphatic heterocycles. The molecule has 32 heavy (non-hydrogen) atoms. The molecule has 0 spiro atoms. The largest absolute Gasteiger partial charge is 0.396 e. The van der Waals surface area contributed by atoms with Gasteiger partial charge in [-0.2, -0.15) is 0 Å². The van der Waals surface area contributed by atoms with Crippen LogP contribution in [0.2, 0.25) is 0 Å². The van der Waals surface area contributed by atoms with Crippen molar-refractivity contribution in [3.05, 3.63) is 78.5 Å². The van der Waals surface area contributed by atoms with Crippen molar-refractivity contribution in [3.63, 3.8) is 0 Å². The zero-order chi connectivity index (χ0) is 21.8. The first-order chi connectivity index (χ1) is 15.6. The van der Waals surface area contributed by atoms with Crippen LogP contribution in [0.4, 0.5) is 10.1 Å². The number of rotatable bonds is 3. The van der Waals surface area contributed by atoms with Crippen molar-refractivity contribution in [1.82, 2.24) is 14.1 Å². The average molecular weight is 429 g/mol. The van der Waals surface area contributed by atoms with Crippen molar-refractivity contribution >= 4 is 5.69 Å². The molecule has 1 fully saturated rings. The maximum Gasteiger partial charge on any atom is 0.161 e. The first-order valence-corrected chi connectivity index (χ1v) is 10.9. The molecular weight excluding hydrogens is 405 g/mol. The fourth-order valence-electron chi connectivity index (χ4n) is 4.93. The van der Waals surface area contributed by atoms with Crippen LogP contribution in [0.15, 0.2) is 67.1 Å². The third kappa shape index (κ3) is 3.04. The van der Waals surface area contributed by atoms with Crippen LogP contribution < -0.4 is 10.6 Å². The van der Waals surface area contributed by atoms with Crippen LogP contribution in [-0.4, -0.2) is 45.0 Å². The first kappa shape index (κ1) is 19.3. The van der Waals surface area contributed by atoms with E-state index in [1.807, 2.05) is 12.4 Å². The van der Waals surface area contributed by atoms with Crippen LogP contribution in [0.25, 0.3) is 28.3 Å². The van der Waals surface area contributed by atoms with Gasteiger partial charge < -0.3 is 20.3 Å². The number of anilines is 1. The van der Waals surface area contributed by atoms with Crippen molar-refractivity contribution in [2.75, 3.05) is 24.6 Å². The number of aliphatic hydroxyl groups excluding tert-OH is 1. The number of aliphatic hydroxyl groups is 1. The third-order valence-corrected chi connectivity index (χ3v) is 6.70. The number of nitrogens with zero attached hydrogens (tertiary/aromatic N) is 4. The predicted molar refractivity (Wildman–Crippen MR) is 122 cm³/mol. The third-order valence-electron chi connectivity index (χ3n) is 6.70. The van der Waals surface area contributed by atoms with E-state index in [4.69, 9.17) is 5.73 Å². The van der Waals surface area contributed by atoms with Crippen molar-refractivity contribution in [1.29, 1.82) is 0 Å². The first-order valence-electron chi connectivity index (χ1n) is 10.9. The zero-order valence-electron chi connectivity index (χ0n) is 17.5. The Kier molecular flexibility index (Phi) is 4.41. The Labute approximate surface area is 185 Å². The second kappa shape index (κ2) is 7.32. The molecule has 0 radical (unpaired) electrons. The van der Waals surface area contributed by atoms with Gasteiger partial charge in [0.05, 0.1) is 11.4 Å². The molecule has 4 aromatic rings. The van der Waals surface area contributed by atoms with E-state index >= 15 is 0 Å². The minimum atomic E-state index is -0.239. The van der Waals surface area contributed by atoms with Gasteiger partial charge in [0, 0.05) is 68.0 Å². The molecule has 2 aromatic heterocycles. The highest BCUT2D eigenvalue weighted by Gasteiger charge is 2.30. The van der Waals surface area contributed by atoms with Crippen molar-refractivity contribution in [3.8, 4) is 28.3 Å². The highest BCUT2D eigenvalue weighted by Crippen LogP contribution is 2.36. The van der Waals surface area contributed by atoms with Crippen LogP contribution >= 0.6 is 0 Å². The summed E-state index contributed by atoms with van der Waals surface area (Å²) in [5, 5.41) is 9.60. The van der Waals surface area contributed by atoms with Crippen molar-refractivity contribution in [2.24, 2.45) is 11.7 Å². The SMILES string of the molecule is N[C@@H]1CN(c2ccc3c(c2)Cn2cc(-c4ccc(F)cc4)cc2-c2nccn2-3)CC1CO. The van der Waals surface area contributed by atoms with E-state index in [0.29, 0.717) is 6.54 Å². The molecule has 1 saturated heterocycles. The van der Waals surface area contributed by atoms with E-state index in [1.165, 1.54) is 17.7 Å². The van der Waals surface area contributed by atoms with Gasteiger partial charge in [-0.15, -0.1) is 0 Å². The number of imidazole rings is 1. The molecule has 0 aliphatic carbocycles. The number of hydrogen-bond acceptors (Lipinski definition) is 4. The van der Waals surface area contributed by atoms with Gasteiger partial charge in [0.1, 0.15) is 5.82 Å². The molecule has 3 N–H and O–H groups in total. The van der Waals surface area contributed by atoms with Crippen LogP contribution in [0, 0.1) is 11.7 Å². The van der Waals surface area contributed by atoms with E-state index in [0.717, 1.165) is 47.1 Å². The molecule has 0 saturated carbocycles. The van der Waals surface area contributed by atoms with Crippen LogP contribution in [0.5, 0.6) is 0 Å². The molecule has 0 amide bonds. The van der Waals surface area contributed by atoms with E-state index in [1.54, 1.807) is 12.1 Å². The second-order valence-corrected chi connectivity index (χ2v) is 8.69. The Morgan fingerprint density at radius 3 is 2.69 bits per heavy atom. The number of benzene rings is 2. The summed E-state index contributed by atoms with van der Waals surface area (Å²) >= 11 is 0. The molecule has 4 heterocycles. The molecular formula is C25H24FN5O. The monoisotopic (exact) mass is 429 g/mol. The summed E-state index contributed by atoms with van der Waals surface area (Å²) in [5.41, 5.74) is 12.7. The van der Waals surface area contributed by atoms with E-state index < -0.39 is 0 Å². The maximum atomic E-state index is 13.4. The van der Waals surface area contributed by atoms with Gasteiger partial charge in [-0.1, -0.05) is 12.1 Å². The number of aromatic nitrogens is 3. The number of nitrogens with two attached hydrogens (primary N) is 1. The summed E-state index contributed by atoms with van der Waals surface area (Å²) < 4.78 is 17.7. The Morgan fingerprint density at radius 2 is 1.91 bits per heavy atom. The van der Waals surface area contributed by atoms with Gasteiger partial charge in [0.15, 0.2) is 5.82 Å². The normalized spacial score (nSPS) is 19.4. The summed E-state index contributed by atoms with van der Waals surface area (Å²) in [7, 11) is 0. The summed E-state index contributed by atoms with van der Waals surface area (Å²) in [5.74, 6) is 0.744. The van der Waals surface area contributed by atoms with Crippen molar-refractivity contribution < 1.29 is 9.50 Å². The minimum absolute atomic E-state index is 0.0200. The van der Waals surface area contributed by atoms with E-state index in [2.05, 4.69) is 49.5 Å². The Balaban J connectivity index is 1.42. The Morgan fingerprint density at radius 1 is 1.06 bits per heavy atom. The van der Waals surface area contributed by atoms with Gasteiger partial charge in [0.25, 0.3) is 0 Å². The smallest absolute Gasteiger partial charge is 0.161 e. The second-order valence-electron chi connectivity index (χ2n) is 8.69. The summed E-state index contributed by atoms with van der Waals surface area (Å²) in [6.07, 6.45) is 5.91. The molecule has 6 nitrogen and oxygen atoms in total. The molecule has 1 unspecified atom stereocenters. The Bertz CT molecular complexity index is 1290. The molecule has 7 heteroatoms. The lowest BCUT2D eigenvalue weighted by Gasteiger charge is -2.21. The molecule has 6 rings (SSSR count). The molecule has 2 aromatic carbocycles. The molecule has 0 bridgehead atoms. The molecule has 2 aliphatic rings. The minimum Gasteiger partial charge on any atom is -0.396 e. The number of hydrogen-bond donors (Lipinski definition) is 2. The van der Waals surface area contributed by atoms with Gasteiger partial charge in [0.2, 0.25) is 0 Å². The summed E-state index contributed by atoms with van der Waals surface area (Å²) in [6.45, 7) is 2.31. The van der Waals surface area contributed by atoms with Crippen LogP contribution in [0.1, 0.15) is 5.56 Å². The van der Waals surface area contributed by atoms with Gasteiger partial charge in [-0.05, 0) is 47.5 Å². The lowest BCUT2D eigenvalue weighted by molar-refractivity contribution is 0.228. The molecule has 162 valence electrons. The fourth-order valence-corrected chi connectivity index (χ4v) is 4.93. The van der Waals surface area contributed by atoms with Crippen molar-refractivity contribution in [2.45, 2.75) is 12.6 Å². The van der Waals surface area contributed by atoms with Gasteiger partial charge in [-0.3, -0.25) is 4.57 Å². The quantitative estimate of drug-likeness (QED) is 0.462. The van der Waals surface area contributed by atoms with Gasteiger partial charge >= 0.3 is 0 Å². The zero-order valence-corrected chi connectivity index (χ0v) is 17.5. The molecule has 2 atom stereocenters. The number of fused-ring (bicyclic) bond motifs is 5. The lowest BCUT2D eigenvalue weighted by Crippen LogP contribution is -2.31. The average Bonchev–Trinajstić information content (AvgIpc) is 3.51. The van der Waals surface area contributed by atoms with Gasteiger partial charge in [-0.25, -0.2) is 9.37 Å². The van der Waals surface area contributed by atoms with E-state index in [-0.39, 0.29) is 24.4 Å². The highest BCUT2D eigenvalue weighted by molar-refractivity contribution is 5.72. The highest BCUT2D eigenvalue weighted by atomic mass is 19.1. The standard InChI is InChI=1S/C25H24FN5O/c26-20-3-1-16(2-4-20)17-10-24-25-28-7-8-31(25)23-6-5-21(9-18(23)12-30(24)11-17)29-13-19(15-32)22(27)14-29/h1-11,19,22,32H,12-15,27H2/t19?,22-/m1/s1. The predicted octanol–water partition coefficient (Wildman–Crippen LogP) is 3.26. The van der Waals surface area contributed by atoms with Crippen LogP contribution in [0.3, 0.4) is 0 Å². The van der Waals surface area contributed by atoms with Crippen LogP contribution in [-0.2, 0) is 6.54 Å². The van der Waals surface area contributed by atoms with E-state index in [9.17, 15) is 9.50 Å². The summed E-state index contributed by atoms with van der Waals surface area (Å²) in [4.78, 5) is 6.89. The maximum absolute atomic E-state index is 13.4. The Hall–Kier alpha value is -3.42. The summed E-state index contributed by atoms with van der Waals surface area (Å²) in [6, 6.07) is 15.2. The number of halogens is 1. The fraction of sp³-hybridized carbons (Fsp3) is 0.240.